The lowest BCUT2D eigenvalue weighted by molar-refractivity contribution is -0.348. The van der Waals surface area contributed by atoms with E-state index in [-0.39, 0.29) is 29.9 Å². The van der Waals surface area contributed by atoms with E-state index in [9.17, 15) is 35.5 Å². The number of hydrogen-bond acceptors (Lipinski definition) is 1. The molecule has 1 amide bonds. The summed E-state index contributed by atoms with van der Waals surface area (Å²) < 4.78 is 91.8. The van der Waals surface area contributed by atoms with Gasteiger partial charge in [0, 0.05) is 31.0 Å². The Hall–Kier alpha value is -1.80. The summed E-state index contributed by atoms with van der Waals surface area (Å²) in [6.45, 7) is 1.91. The number of carbonyl (C=O) groups excluding carboxylic acids is 1. The SMILES string of the molecule is CC(=O)N1CC[C@H]2c3ccc(C(F)(C(F)(F)F)C(F)(F)F)cc3CC[C@H]21. The van der Waals surface area contributed by atoms with Gasteiger partial charge in [-0.2, -0.15) is 26.3 Å². The second-order valence-corrected chi connectivity index (χ2v) is 6.78. The maximum atomic E-state index is 14.2. The molecule has 1 fully saturated rings. The Morgan fingerprint density at radius 2 is 1.65 bits per heavy atom. The van der Waals surface area contributed by atoms with E-state index in [4.69, 9.17) is 0 Å². The van der Waals surface area contributed by atoms with Crippen LogP contribution in [-0.4, -0.2) is 35.7 Å². The predicted octanol–water partition coefficient (Wildman–Crippen LogP) is 4.63. The standard InChI is InChI=1S/C17H16F7NO/c1-9(26)25-7-6-13-12-4-3-11(8-10(12)2-5-14(13)25)15(18,16(19,20)21)17(22,23)24/h3-4,8,13-14H,2,5-7H2,1H3/t13-,14+/m0/s1. The van der Waals surface area contributed by atoms with Crippen molar-refractivity contribution in [2.45, 2.75) is 56.2 Å². The minimum atomic E-state index is -6.12. The highest BCUT2D eigenvalue weighted by atomic mass is 19.4. The number of benzene rings is 1. The Morgan fingerprint density at radius 3 is 2.19 bits per heavy atom. The van der Waals surface area contributed by atoms with Crippen molar-refractivity contribution in [1.29, 1.82) is 0 Å². The Balaban J connectivity index is 2.02. The number of carbonyl (C=O) groups is 1. The van der Waals surface area contributed by atoms with Gasteiger partial charge >= 0.3 is 18.0 Å². The van der Waals surface area contributed by atoms with E-state index in [0.717, 1.165) is 6.07 Å². The zero-order valence-corrected chi connectivity index (χ0v) is 13.7. The third-order valence-electron chi connectivity index (χ3n) is 5.38. The minimum Gasteiger partial charge on any atom is -0.339 e. The molecule has 0 unspecified atom stereocenters. The number of amides is 1. The van der Waals surface area contributed by atoms with Crippen LogP contribution in [-0.2, 0) is 16.9 Å². The van der Waals surface area contributed by atoms with Crippen LogP contribution < -0.4 is 0 Å². The smallest absolute Gasteiger partial charge is 0.339 e. The summed E-state index contributed by atoms with van der Waals surface area (Å²) in [5, 5.41) is 0. The van der Waals surface area contributed by atoms with Gasteiger partial charge in [-0.25, -0.2) is 4.39 Å². The van der Waals surface area contributed by atoms with Gasteiger partial charge in [0.1, 0.15) is 0 Å². The van der Waals surface area contributed by atoms with Crippen LogP contribution in [0.1, 0.15) is 42.4 Å². The van der Waals surface area contributed by atoms with Crippen LogP contribution in [0, 0.1) is 0 Å². The topological polar surface area (TPSA) is 20.3 Å². The van der Waals surface area contributed by atoms with Gasteiger partial charge in [0.25, 0.3) is 0 Å². The molecule has 0 saturated carbocycles. The summed E-state index contributed by atoms with van der Waals surface area (Å²) >= 11 is 0. The van der Waals surface area contributed by atoms with Crippen LogP contribution in [0.25, 0.3) is 0 Å². The molecule has 0 N–H and O–H groups in total. The fraction of sp³-hybridized carbons (Fsp3) is 0.588. The van der Waals surface area contributed by atoms with E-state index >= 15 is 0 Å². The molecule has 144 valence electrons. The van der Waals surface area contributed by atoms with Crippen LogP contribution in [0.15, 0.2) is 18.2 Å². The number of nitrogens with zero attached hydrogens (tertiary/aromatic N) is 1. The van der Waals surface area contributed by atoms with E-state index in [2.05, 4.69) is 0 Å². The maximum absolute atomic E-state index is 14.2. The van der Waals surface area contributed by atoms with Gasteiger partial charge in [0.2, 0.25) is 5.91 Å². The molecule has 1 heterocycles. The molecule has 0 spiro atoms. The van der Waals surface area contributed by atoms with Gasteiger partial charge in [-0.15, -0.1) is 0 Å². The molecule has 1 aromatic carbocycles. The van der Waals surface area contributed by atoms with Gasteiger partial charge in [0.05, 0.1) is 0 Å². The molecule has 0 aromatic heterocycles. The normalized spacial score (nSPS) is 23.6. The Kier molecular flexibility index (Phi) is 4.27. The molecule has 3 rings (SSSR count). The molecular weight excluding hydrogens is 367 g/mol. The van der Waals surface area contributed by atoms with Crippen LogP contribution in [0.2, 0.25) is 0 Å². The number of halogens is 7. The predicted molar refractivity (Wildman–Crippen MR) is 78.2 cm³/mol. The lowest BCUT2D eigenvalue weighted by Crippen LogP contribution is -2.50. The maximum Gasteiger partial charge on any atom is 0.435 e. The zero-order valence-electron chi connectivity index (χ0n) is 13.7. The van der Waals surface area contributed by atoms with E-state index in [0.29, 0.717) is 37.1 Å². The summed E-state index contributed by atoms with van der Waals surface area (Å²) in [5.74, 6) is -0.267. The highest BCUT2D eigenvalue weighted by Gasteiger charge is 2.73. The van der Waals surface area contributed by atoms with Crippen LogP contribution in [0.4, 0.5) is 30.7 Å². The fourth-order valence-electron chi connectivity index (χ4n) is 4.15. The molecule has 1 aliphatic carbocycles. The third kappa shape index (κ3) is 2.66. The number of fused-ring (bicyclic) bond motifs is 3. The van der Waals surface area contributed by atoms with Crippen molar-refractivity contribution in [2.24, 2.45) is 0 Å². The largest absolute Gasteiger partial charge is 0.435 e. The zero-order chi connectivity index (χ0) is 19.5. The molecular formula is C17H16F7NO. The Bertz CT molecular complexity index is 711. The van der Waals surface area contributed by atoms with Crippen molar-refractivity contribution in [3.63, 3.8) is 0 Å². The molecule has 1 aromatic rings. The van der Waals surface area contributed by atoms with E-state index < -0.39 is 23.6 Å². The van der Waals surface area contributed by atoms with Crippen LogP contribution in [0.5, 0.6) is 0 Å². The summed E-state index contributed by atoms with van der Waals surface area (Å²) in [5.41, 5.74) is -5.98. The quantitative estimate of drug-likeness (QED) is 0.648. The van der Waals surface area contributed by atoms with Gasteiger partial charge < -0.3 is 4.90 Å². The van der Waals surface area contributed by atoms with E-state index in [1.54, 1.807) is 4.90 Å². The average molecular weight is 383 g/mol. The average Bonchev–Trinajstić information content (AvgIpc) is 2.95. The third-order valence-corrected chi connectivity index (χ3v) is 5.38. The van der Waals surface area contributed by atoms with E-state index in [1.165, 1.54) is 6.92 Å². The molecule has 2 nitrogen and oxygen atoms in total. The van der Waals surface area contributed by atoms with Gasteiger partial charge in [-0.3, -0.25) is 4.79 Å². The van der Waals surface area contributed by atoms with Gasteiger partial charge in [-0.05, 0) is 30.4 Å². The van der Waals surface area contributed by atoms with Gasteiger partial charge in [-0.1, -0.05) is 18.2 Å². The number of aryl methyl sites for hydroxylation is 1. The molecule has 0 bridgehead atoms. The summed E-state index contributed by atoms with van der Waals surface area (Å²) in [6.07, 6.45) is -11.0. The first-order valence-electron chi connectivity index (χ1n) is 8.11. The van der Waals surface area contributed by atoms with Crippen LogP contribution in [0.3, 0.4) is 0 Å². The summed E-state index contributed by atoms with van der Waals surface area (Å²) in [7, 11) is 0. The molecule has 1 saturated heterocycles. The van der Waals surface area contributed by atoms with Crippen molar-refractivity contribution in [3.05, 3.63) is 34.9 Å². The number of hydrogen-bond donors (Lipinski definition) is 0. The molecule has 0 radical (unpaired) electrons. The van der Waals surface area contributed by atoms with Crippen molar-refractivity contribution in [1.82, 2.24) is 4.90 Å². The Labute approximate surface area is 145 Å². The van der Waals surface area contributed by atoms with E-state index in [1.807, 2.05) is 0 Å². The van der Waals surface area contributed by atoms with Crippen molar-refractivity contribution >= 4 is 5.91 Å². The lowest BCUT2D eigenvalue weighted by Gasteiger charge is -2.35. The highest BCUT2D eigenvalue weighted by Crippen LogP contribution is 2.54. The second kappa shape index (κ2) is 5.85. The first kappa shape index (κ1) is 19.0. The lowest BCUT2D eigenvalue weighted by atomic mass is 9.77. The monoisotopic (exact) mass is 383 g/mol. The van der Waals surface area contributed by atoms with Crippen molar-refractivity contribution < 1.29 is 35.5 Å². The number of rotatable bonds is 1. The first-order valence-corrected chi connectivity index (χ1v) is 8.11. The van der Waals surface area contributed by atoms with Crippen molar-refractivity contribution in [2.75, 3.05) is 6.54 Å². The molecule has 26 heavy (non-hydrogen) atoms. The second-order valence-electron chi connectivity index (χ2n) is 6.78. The minimum absolute atomic E-state index is 0.116. The number of likely N-dealkylation sites (tertiary alicyclic amines) is 1. The molecule has 9 heteroatoms. The number of alkyl halides is 7. The van der Waals surface area contributed by atoms with Crippen LogP contribution >= 0.6 is 0 Å². The Morgan fingerprint density at radius 1 is 1.04 bits per heavy atom. The molecule has 2 atom stereocenters. The fourth-order valence-corrected chi connectivity index (χ4v) is 4.15. The first-order chi connectivity index (χ1) is 11.9. The molecule has 1 aliphatic heterocycles. The summed E-state index contributed by atoms with van der Waals surface area (Å²) in [4.78, 5) is 13.3. The van der Waals surface area contributed by atoms with Gasteiger partial charge in [0.15, 0.2) is 0 Å². The highest BCUT2D eigenvalue weighted by molar-refractivity contribution is 5.74. The van der Waals surface area contributed by atoms with Crippen molar-refractivity contribution in [3.8, 4) is 0 Å². The molecule has 2 aliphatic rings. The summed E-state index contributed by atoms with van der Waals surface area (Å²) in [6, 6.07) is 2.28.